The monoisotopic (exact) mass is 246 g/mol. The van der Waals surface area contributed by atoms with Crippen LogP contribution in [0, 0.1) is 0 Å². The summed E-state index contributed by atoms with van der Waals surface area (Å²) >= 11 is 0. The minimum atomic E-state index is 0.0722. The Balaban J connectivity index is 2.41. The lowest BCUT2D eigenvalue weighted by atomic mass is 10.1. The second-order valence-electron chi connectivity index (χ2n) is 4.97. The van der Waals surface area contributed by atoms with E-state index in [1.54, 1.807) is 7.11 Å². The van der Waals surface area contributed by atoms with Gasteiger partial charge in [-0.15, -0.1) is 0 Å². The van der Waals surface area contributed by atoms with E-state index in [0.29, 0.717) is 0 Å². The molecule has 2 aromatic rings. The zero-order valence-corrected chi connectivity index (χ0v) is 11.7. The average Bonchev–Trinajstić information content (AvgIpc) is 2.74. The van der Waals surface area contributed by atoms with Gasteiger partial charge in [0.2, 0.25) is 0 Å². The number of fused-ring (bicyclic) bond motifs is 1. The fourth-order valence-corrected chi connectivity index (χ4v) is 2.23. The third-order valence-electron chi connectivity index (χ3n) is 3.38. The fourth-order valence-electron chi connectivity index (χ4n) is 2.23. The molecule has 1 atom stereocenters. The number of methoxy groups -OCH3 is 1. The van der Waals surface area contributed by atoms with Crippen LogP contribution in [0.3, 0.4) is 0 Å². The van der Waals surface area contributed by atoms with Gasteiger partial charge in [0.1, 0.15) is 6.23 Å². The summed E-state index contributed by atoms with van der Waals surface area (Å²) in [6.07, 6.45) is 3.36. The highest BCUT2D eigenvalue weighted by Crippen LogP contribution is 2.25. The summed E-state index contributed by atoms with van der Waals surface area (Å²) in [4.78, 5) is 2.21. The second-order valence-corrected chi connectivity index (χ2v) is 4.97. The number of para-hydroxylation sites is 1. The Morgan fingerprint density at radius 3 is 2.67 bits per heavy atom. The van der Waals surface area contributed by atoms with Gasteiger partial charge >= 0.3 is 0 Å². The van der Waals surface area contributed by atoms with E-state index in [2.05, 4.69) is 60.9 Å². The van der Waals surface area contributed by atoms with Crippen molar-refractivity contribution < 1.29 is 4.74 Å². The molecular weight excluding hydrogens is 224 g/mol. The molecule has 0 aliphatic rings. The first-order valence-electron chi connectivity index (χ1n) is 6.39. The summed E-state index contributed by atoms with van der Waals surface area (Å²) in [7, 11) is 5.97. The third kappa shape index (κ3) is 2.57. The predicted molar refractivity (Wildman–Crippen MR) is 75.9 cm³/mol. The van der Waals surface area contributed by atoms with Gasteiger partial charge in [0.25, 0.3) is 0 Å². The SMILES string of the molecule is COC(C)n1cc(CCN(C)C)c2ccccc21. The van der Waals surface area contributed by atoms with Gasteiger partial charge in [-0.05, 0) is 39.1 Å². The maximum absolute atomic E-state index is 5.44. The van der Waals surface area contributed by atoms with E-state index in [1.165, 1.54) is 16.5 Å². The molecule has 18 heavy (non-hydrogen) atoms. The first-order chi connectivity index (χ1) is 8.63. The Hall–Kier alpha value is -1.32. The highest BCUT2D eigenvalue weighted by atomic mass is 16.5. The van der Waals surface area contributed by atoms with Crippen LogP contribution >= 0.6 is 0 Å². The lowest BCUT2D eigenvalue weighted by Gasteiger charge is -2.12. The quantitative estimate of drug-likeness (QED) is 0.807. The molecule has 0 amide bonds. The zero-order chi connectivity index (χ0) is 13.1. The molecule has 0 saturated heterocycles. The van der Waals surface area contributed by atoms with Crippen molar-refractivity contribution in [3.63, 3.8) is 0 Å². The van der Waals surface area contributed by atoms with Crippen LogP contribution in [0.4, 0.5) is 0 Å². The molecule has 1 aromatic heterocycles. The Labute approximate surface area is 109 Å². The lowest BCUT2D eigenvalue weighted by Crippen LogP contribution is -2.15. The average molecular weight is 246 g/mol. The highest BCUT2D eigenvalue weighted by molar-refractivity contribution is 5.84. The third-order valence-corrected chi connectivity index (χ3v) is 3.38. The summed E-state index contributed by atoms with van der Waals surface area (Å²) in [6, 6.07) is 8.53. The van der Waals surface area contributed by atoms with E-state index in [4.69, 9.17) is 4.74 Å². The standard InChI is InChI=1S/C15H22N2O/c1-12(18-4)17-11-13(9-10-16(2)3)14-7-5-6-8-15(14)17/h5-8,11-12H,9-10H2,1-4H3. The number of aromatic nitrogens is 1. The smallest absolute Gasteiger partial charge is 0.130 e. The largest absolute Gasteiger partial charge is 0.362 e. The highest BCUT2D eigenvalue weighted by Gasteiger charge is 2.11. The van der Waals surface area contributed by atoms with Crippen molar-refractivity contribution in [2.45, 2.75) is 19.6 Å². The Bertz CT molecular complexity index is 516. The number of ether oxygens (including phenoxy) is 1. The van der Waals surface area contributed by atoms with Crippen LogP contribution in [0.1, 0.15) is 18.7 Å². The molecule has 1 aromatic carbocycles. The van der Waals surface area contributed by atoms with Crippen LogP contribution in [0.25, 0.3) is 10.9 Å². The number of hydrogen-bond donors (Lipinski definition) is 0. The van der Waals surface area contributed by atoms with Gasteiger partial charge < -0.3 is 14.2 Å². The molecule has 1 heterocycles. The van der Waals surface area contributed by atoms with Gasteiger partial charge in [0, 0.05) is 25.2 Å². The maximum atomic E-state index is 5.44. The van der Waals surface area contributed by atoms with E-state index >= 15 is 0 Å². The van der Waals surface area contributed by atoms with Crippen molar-refractivity contribution >= 4 is 10.9 Å². The second kappa shape index (κ2) is 5.55. The van der Waals surface area contributed by atoms with Crippen molar-refractivity contribution in [3.05, 3.63) is 36.0 Å². The van der Waals surface area contributed by atoms with Crippen molar-refractivity contribution in [2.24, 2.45) is 0 Å². The molecule has 1 unspecified atom stereocenters. The maximum Gasteiger partial charge on any atom is 0.130 e. The summed E-state index contributed by atoms with van der Waals surface area (Å²) in [6.45, 7) is 3.14. The number of nitrogens with zero attached hydrogens (tertiary/aromatic N) is 2. The summed E-state index contributed by atoms with van der Waals surface area (Å²) in [5.74, 6) is 0. The topological polar surface area (TPSA) is 17.4 Å². The fraction of sp³-hybridized carbons (Fsp3) is 0.467. The molecule has 0 spiro atoms. The van der Waals surface area contributed by atoms with Gasteiger partial charge in [0.05, 0.1) is 5.52 Å². The van der Waals surface area contributed by atoms with E-state index in [1.807, 2.05) is 0 Å². The van der Waals surface area contributed by atoms with Crippen molar-refractivity contribution in [3.8, 4) is 0 Å². The molecule has 0 bridgehead atoms. The van der Waals surface area contributed by atoms with Gasteiger partial charge in [-0.1, -0.05) is 18.2 Å². The Morgan fingerprint density at radius 1 is 1.28 bits per heavy atom. The molecule has 3 nitrogen and oxygen atoms in total. The number of likely N-dealkylation sites (N-methyl/N-ethyl adjacent to an activating group) is 1. The molecule has 0 radical (unpaired) electrons. The molecule has 2 rings (SSSR count). The van der Waals surface area contributed by atoms with Crippen LogP contribution in [0.15, 0.2) is 30.5 Å². The van der Waals surface area contributed by atoms with Crippen molar-refractivity contribution in [2.75, 3.05) is 27.7 Å². The van der Waals surface area contributed by atoms with Crippen LogP contribution in [-0.4, -0.2) is 37.2 Å². The molecule has 98 valence electrons. The normalized spacial score (nSPS) is 13.4. The summed E-state index contributed by atoms with van der Waals surface area (Å²) in [5.41, 5.74) is 2.64. The van der Waals surface area contributed by atoms with Crippen LogP contribution in [0.2, 0.25) is 0 Å². The minimum absolute atomic E-state index is 0.0722. The minimum Gasteiger partial charge on any atom is -0.362 e. The van der Waals surface area contributed by atoms with Crippen molar-refractivity contribution in [1.29, 1.82) is 0 Å². The first kappa shape index (κ1) is 13.1. The van der Waals surface area contributed by atoms with Crippen LogP contribution in [0.5, 0.6) is 0 Å². The number of benzene rings is 1. The van der Waals surface area contributed by atoms with Gasteiger partial charge in [0.15, 0.2) is 0 Å². The zero-order valence-electron chi connectivity index (χ0n) is 11.7. The van der Waals surface area contributed by atoms with Crippen LogP contribution in [-0.2, 0) is 11.2 Å². The number of rotatable bonds is 5. The molecule has 0 aliphatic carbocycles. The summed E-state index contributed by atoms with van der Waals surface area (Å²) < 4.78 is 7.64. The first-order valence-corrected chi connectivity index (χ1v) is 6.39. The summed E-state index contributed by atoms with van der Waals surface area (Å²) in [5, 5.41) is 1.34. The predicted octanol–water partition coefficient (Wildman–Crippen LogP) is 2.91. The van der Waals surface area contributed by atoms with E-state index < -0.39 is 0 Å². The van der Waals surface area contributed by atoms with Crippen molar-refractivity contribution in [1.82, 2.24) is 9.47 Å². The Kier molecular flexibility index (Phi) is 4.04. The molecular formula is C15H22N2O. The lowest BCUT2D eigenvalue weighted by molar-refractivity contribution is 0.0641. The van der Waals surface area contributed by atoms with E-state index in [0.717, 1.165) is 13.0 Å². The molecule has 3 heteroatoms. The van der Waals surface area contributed by atoms with Gasteiger partial charge in [-0.2, -0.15) is 0 Å². The van der Waals surface area contributed by atoms with E-state index in [9.17, 15) is 0 Å². The van der Waals surface area contributed by atoms with Crippen LogP contribution < -0.4 is 0 Å². The number of hydrogen-bond acceptors (Lipinski definition) is 2. The Morgan fingerprint density at radius 2 is 2.00 bits per heavy atom. The van der Waals surface area contributed by atoms with Gasteiger partial charge in [-0.25, -0.2) is 0 Å². The molecule has 0 aliphatic heterocycles. The molecule has 0 fully saturated rings. The van der Waals surface area contributed by atoms with Gasteiger partial charge in [-0.3, -0.25) is 0 Å². The molecule has 0 N–H and O–H groups in total. The van der Waals surface area contributed by atoms with E-state index in [-0.39, 0.29) is 6.23 Å². The molecule has 0 saturated carbocycles.